The molecule has 1 amide bonds. The van der Waals surface area contributed by atoms with Gasteiger partial charge in [0.15, 0.2) is 18.1 Å². The van der Waals surface area contributed by atoms with Crippen LogP contribution >= 0.6 is 0 Å². The van der Waals surface area contributed by atoms with Crippen molar-refractivity contribution in [1.82, 2.24) is 9.66 Å². The first-order valence-electron chi connectivity index (χ1n) is 9.56. The number of rotatable bonds is 8. The Morgan fingerprint density at radius 2 is 2.03 bits per heavy atom. The van der Waals surface area contributed by atoms with E-state index in [-0.39, 0.29) is 12.5 Å². The smallest absolute Gasteiger partial charge is 0.262 e. The highest BCUT2D eigenvalue weighted by Crippen LogP contribution is 2.28. The second kappa shape index (κ2) is 9.60. The van der Waals surface area contributed by atoms with Gasteiger partial charge >= 0.3 is 0 Å². The molecule has 0 radical (unpaired) electrons. The van der Waals surface area contributed by atoms with Gasteiger partial charge in [-0.2, -0.15) is 5.10 Å². The molecule has 1 aromatic heterocycles. The van der Waals surface area contributed by atoms with Crippen molar-refractivity contribution in [2.75, 3.05) is 24.3 Å². The van der Waals surface area contributed by atoms with E-state index in [1.807, 2.05) is 51.1 Å². The van der Waals surface area contributed by atoms with Gasteiger partial charge in [-0.15, -0.1) is 0 Å². The summed E-state index contributed by atoms with van der Waals surface area (Å²) >= 11 is 0. The van der Waals surface area contributed by atoms with Crippen molar-refractivity contribution in [2.45, 2.75) is 20.8 Å². The summed E-state index contributed by atoms with van der Waals surface area (Å²) in [6, 6.07) is 12.9. The van der Waals surface area contributed by atoms with E-state index in [0.717, 1.165) is 22.5 Å². The molecule has 3 N–H and O–H groups in total. The molecule has 3 aromatic rings. The van der Waals surface area contributed by atoms with Crippen LogP contribution in [0.2, 0.25) is 0 Å². The molecule has 0 fully saturated rings. The molecule has 0 bridgehead atoms. The second-order valence-electron chi connectivity index (χ2n) is 6.68. The minimum atomic E-state index is -0.250. The van der Waals surface area contributed by atoms with Crippen LogP contribution in [0.4, 0.5) is 11.6 Å². The normalized spacial score (nSPS) is 10.9. The molecule has 0 aliphatic carbocycles. The zero-order valence-electron chi connectivity index (χ0n) is 17.3. The SMILES string of the molecule is CCOc1cc(C=Nn2cc(C)nc2N)ccc1OCC(=O)Nc1cccc(C)c1. The molecule has 3 rings (SSSR count). The zero-order chi connectivity index (χ0) is 21.5. The lowest BCUT2D eigenvalue weighted by molar-refractivity contribution is -0.118. The molecular weight excluding hydrogens is 382 g/mol. The van der Waals surface area contributed by atoms with Crippen molar-refractivity contribution in [1.29, 1.82) is 0 Å². The first-order chi connectivity index (χ1) is 14.4. The van der Waals surface area contributed by atoms with E-state index < -0.39 is 0 Å². The minimum Gasteiger partial charge on any atom is -0.490 e. The maximum Gasteiger partial charge on any atom is 0.262 e. The van der Waals surface area contributed by atoms with Crippen molar-refractivity contribution < 1.29 is 14.3 Å². The average Bonchev–Trinajstić information content (AvgIpc) is 3.03. The van der Waals surface area contributed by atoms with E-state index in [2.05, 4.69) is 15.4 Å². The van der Waals surface area contributed by atoms with Crippen molar-refractivity contribution in [3.63, 3.8) is 0 Å². The fourth-order valence-electron chi connectivity index (χ4n) is 2.78. The van der Waals surface area contributed by atoms with E-state index in [9.17, 15) is 4.79 Å². The zero-order valence-corrected chi connectivity index (χ0v) is 17.3. The molecule has 0 unspecified atom stereocenters. The van der Waals surface area contributed by atoms with Crippen LogP contribution in [-0.2, 0) is 4.79 Å². The first-order valence-corrected chi connectivity index (χ1v) is 9.56. The number of benzene rings is 2. The Bertz CT molecular complexity index is 1060. The molecule has 0 aliphatic heterocycles. The molecule has 8 nitrogen and oxygen atoms in total. The number of hydrogen-bond donors (Lipinski definition) is 2. The molecule has 1 heterocycles. The number of anilines is 2. The molecule has 0 aliphatic rings. The Morgan fingerprint density at radius 3 is 2.73 bits per heavy atom. The van der Waals surface area contributed by atoms with Crippen LogP contribution in [0.3, 0.4) is 0 Å². The van der Waals surface area contributed by atoms with Crippen LogP contribution < -0.4 is 20.5 Å². The molecule has 0 saturated carbocycles. The number of aromatic nitrogens is 2. The maximum absolute atomic E-state index is 12.2. The highest BCUT2D eigenvalue weighted by molar-refractivity contribution is 5.92. The summed E-state index contributed by atoms with van der Waals surface area (Å²) < 4.78 is 12.8. The van der Waals surface area contributed by atoms with E-state index in [4.69, 9.17) is 15.2 Å². The number of hydrogen-bond acceptors (Lipinski definition) is 6. The third kappa shape index (κ3) is 5.60. The Hall–Kier alpha value is -3.81. The van der Waals surface area contributed by atoms with Gasteiger partial charge in [-0.25, -0.2) is 9.66 Å². The predicted molar refractivity (Wildman–Crippen MR) is 117 cm³/mol. The lowest BCUT2D eigenvalue weighted by Crippen LogP contribution is -2.20. The summed E-state index contributed by atoms with van der Waals surface area (Å²) in [5.74, 6) is 1.07. The Morgan fingerprint density at radius 1 is 1.20 bits per heavy atom. The largest absolute Gasteiger partial charge is 0.490 e. The van der Waals surface area contributed by atoms with Crippen molar-refractivity contribution in [3.8, 4) is 11.5 Å². The lowest BCUT2D eigenvalue weighted by Gasteiger charge is -2.13. The van der Waals surface area contributed by atoms with Crippen LogP contribution in [0.5, 0.6) is 11.5 Å². The number of aryl methyl sites for hydroxylation is 2. The number of carbonyl (C=O) groups is 1. The van der Waals surface area contributed by atoms with E-state index in [1.54, 1.807) is 24.5 Å². The second-order valence-corrected chi connectivity index (χ2v) is 6.68. The van der Waals surface area contributed by atoms with Gasteiger partial charge in [-0.05, 0) is 62.2 Å². The quantitative estimate of drug-likeness (QED) is 0.557. The van der Waals surface area contributed by atoms with Gasteiger partial charge in [0, 0.05) is 5.69 Å². The number of nitrogens with two attached hydrogens (primary N) is 1. The fourth-order valence-corrected chi connectivity index (χ4v) is 2.78. The van der Waals surface area contributed by atoms with Crippen LogP contribution in [0.25, 0.3) is 0 Å². The number of amides is 1. The summed E-state index contributed by atoms with van der Waals surface area (Å²) in [7, 11) is 0. The highest BCUT2D eigenvalue weighted by atomic mass is 16.5. The van der Waals surface area contributed by atoms with E-state index in [1.165, 1.54) is 4.68 Å². The summed E-state index contributed by atoms with van der Waals surface area (Å²) in [5, 5.41) is 7.11. The van der Waals surface area contributed by atoms with Crippen LogP contribution in [0, 0.1) is 13.8 Å². The average molecular weight is 407 g/mol. The van der Waals surface area contributed by atoms with Crippen LogP contribution in [0.15, 0.2) is 53.8 Å². The summed E-state index contributed by atoms with van der Waals surface area (Å²) in [6.07, 6.45) is 3.38. The molecule has 0 atom stereocenters. The molecule has 8 heteroatoms. The van der Waals surface area contributed by atoms with Gasteiger partial charge < -0.3 is 20.5 Å². The van der Waals surface area contributed by atoms with Gasteiger partial charge in [0.2, 0.25) is 5.95 Å². The van der Waals surface area contributed by atoms with E-state index in [0.29, 0.717) is 24.1 Å². The Labute approximate surface area is 175 Å². The number of nitrogens with zero attached hydrogens (tertiary/aromatic N) is 3. The lowest BCUT2D eigenvalue weighted by atomic mass is 10.2. The third-order valence-corrected chi connectivity index (χ3v) is 4.09. The molecule has 0 spiro atoms. The van der Waals surface area contributed by atoms with Crippen LogP contribution in [-0.4, -0.2) is 35.0 Å². The van der Waals surface area contributed by atoms with Crippen molar-refractivity contribution in [2.24, 2.45) is 5.10 Å². The molecule has 2 aromatic carbocycles. The number of ether oxygens (including phenoxy) is 2. The summed E-state index contributed by atoms with van der Waals surface area (Å²) in [4.78, 5) is 16.3. The van der Waals surface area contributed by atoms with Crippen molar-refractivity contribution in [3.05, 3.63) is 65.5 Å². The molecule has 156 valence electrons. The third-order valence-electron chi connectivity index (χ3n) is 4.09. The Balaban J connectivity index is 1.67. The minimum absolute atomic E-state index is 0.133. The first kappa shape index (κ1) is 20.9. The summed E-state index contributed by atoms with van der Waals surface area (Å²) in [6.45, 7) is 6.01. The van der Waals surface area contributed by atoms with Crippen LogP contribution in [0.1, 0.15) is 23.7 Å². The maximum atomic E-state index is 12.2. The topological polar surface area (TPSA) is 104 Å². The van der Waals surface area contributed by atoms with Gasteiger partial charge in [0.1, 0.15) is 0 Å². The van der Waals surface area contributed by atoms with Gasteiger partial charge in [-0.3, -0.25) is 4.79 Å². The molecular formula is C22H25N5O3. The number of imidazole rings is 1. The van der Waals surface area contributed by atoms with Gasteiger partial charge in [0.05, 0.1) is 24.7 Å². The Kier molecular flexibility index (Phi) is 6.69. The number of nitrogens with one attached hydrogen (secondary N) is 1. The molecule has 0 saturated heterocycles. The van der Waals surface area contributed by atoms with E-state index >= 15 is 0 Å². The predicted octanol–water partition coefficient (Wildman–Crippen LogP) is 3.38. The molecule has 30 heavy (non-hydrogen) atoms. The fraction of sp³-hybridized carbons (Fsp3) is 0.227. The highest BCUT2D eigenvalue weighted by Gasteiger charge is 2.10. The number of nitrogen functional groups attached to an aromatic ring is 1. The van der Waals surface area contributed by atoms with Gasteiger partial charge in [0.25, 0.3) is 5.91 Å². The van der Waals surface area contributed by atoms with Gasteiger partial charge in [-0.1, -0.05) is 12.1 Å². The summed E-state index contributed by atoms with van der Waals surface area (Å²) in [5.41, 5.74) is 9.17. The van der Waals surface area contributed by atoms with Crippen molar-refractivity contribution >= 4 is 23.8 Å². The monoisotopic (exact) mass is 407 g/mol. The standard InChI is InChI=1S/C22H25N5O3/c1-4-29-20-11-17(12-24-27-13-16(3)25-22(27)23)8-9-19(20)30-14-21(28)26-18-7-5-6-15(2)10-18/h5-13H,4,14H2,1-3H3,(H2,23,25)(H,26,28). The number of carbonyl (C=O) groups excluding carboxylic acids is 1.